The van der Waals surface area contributed by atoms with Crippen LogP contribution in [0.5, 0.6) is 11.5 Å². The van der Waals surface area contributed by atoms with Gasteiger partial charge in [0.05, 0.1) is 13.2 Å². The monoisotopic (exact) mass is 427 g/mol. The van der Waals surface area contributed by atoms with E-state index in [0.717, 1.165) is 6.07 Å². The minimum Gasteiger partial charge on any atom is -0.490 e. The zero-order chi connectivity index (χ0) is 20.7. The number of aliphatic hydroxyl groups is 1. The first-order valence-electron chi connectivity index (χ1n) is 8.51. The largest absolute Gasteiger partial charge is 0.490 e. The molecule has 0 aliphatic heterocycles. The summed E-state index contributed by atoms with van der Waals surface area (Å²) in [4.78, 5) is 11.8. The van der Waals surface area contributed by atoms with Gasteiger partial charge >= 0.3 is 5.97 Å². The molecule has 0 fully saturated rings. The summed E-state index contributed by atoms with van der Waals surface area (Å²) in [6.45, 7) is 1.67. The lowest BCUT2D eigenvalue weighted by Crippen LogP contribution is -2.22. The van der Waals surface area contributed by atoms with Gasteiger partial charge in [-0.3, -0.25) is 5.41 Å². The zero-order valence-electron chi connectivity index (χ0n) is 15.6. The maximum atomic E-state index is 14.6. The highest BCUT2D eigenvalue weighted by Gasteiger charge is 2.26. The lowest BCUT2D eigenvalue weighted by molar-refractivity contribution is -0.138. The molecule has 2 rings (SSSR count). The van der Waals surface area contributed by atoms with Crippen LogP contribution in [0, 0.1) is 11.2 Å². The van der Waals surface area contributed by atoms with Gasteiger partial charge in [-0.2, -0.15) is 0 Å². The topological polar surface area (TPSA) is 138 Å². The first kappa shape index (κ1) is 24.0. The fourth-order valence-corrected chi connectivity index (χ4v) is 2.49. The molecule has 0 radical (unpaired) electrons. The average Bonchev–Trinajstić information content (AvgIpc) is 2.66. The zero-order valence-corrected chi connectivity index (χ0v) is 16.5. The van der Waals surface area contributed by atoms with Crippen molar-refractivity contribution in [2.75, 3.05) is 25.1 Å². The van der Waals surface area contributed by atoms with E-state index in [1.807, 2.05) is 0 Å². The highest BCUT2D eigenvalue weighted by molar-refractivity contribution is 5.95. The Labute approximate surface area is 173 Å². The highest BCUT2D eigenvalue weighted by Crippen LogP contribution is 2.34. The number of anilines is 1. The quantitative estimate of drug-likeness (QED) is 0.290. The number of carboxylic acid groups (broad SMARTS) is 1. The Kier molecular flexibility index (Phi) is 9.17. The van der Waals surface area contributed by atoms with Crippen LogP contribution in [-0.2, 0) is 4.79 Å². The number of nitrogens with one attached hydrogen (secondary N) is 2. The number of hydrogen-bond acceptors (Lipinski definition) is 6. The van der Waals surface area contributed by atoms with Crippen molar-refractivity contribution in [2.45, 2.75) is 13.0 Å². The third kappa shape index (κ3) is 6.23. The Morgan fingerprint density at radius 1 is 1.24 bits per heavy atom. The van der Waals surface area contributed by atoms with Crippen LogP contribution in [0.2, 0.25) is 0 Å². The summed E-state index contributed by atoms with van der Waals surface area (Å²) in [6, 6.07) is 7.11. The number of carbonyl (C=O) groups is 1. The summed E-state index contributed by atoms with van der Waals surface area (Å²) in [6.07, 6.45) is 0. The van der Waals surface area contributed by atoms with Crippen molar-refractivity contribution in [3.8, 4) is 11.5 Å². The van der Waals surface area contributed by atoms with E-state index < -0.39 is 17.8 Å². The van der Waals surface area contributed by atoms with Crippen LogP contribution in [0.15, 0.2) is 36.4 Å². The summed E-state index contributed by atoms with van der Waals surface area (Å²) in [5, 5.41) is 28.6. The van der Waals surface area contributed by atoms with Gasteiger partial charge in [0, 0.05) is 22.9 Å². The number of aliphatic hydroxyl groups excluding tert-OH is 1. The Morgan fingerprint density at radius 3 is 2.38 bits per heavy atom. The van der Waals surface area contributed by atoms with Gasteiger partial charge in [-0.15, -0.1) is 12.4 Å². The van der Waals surface area contributed by atoms with Gasteiger partial charge in [0.15, 0.2) is 17.5 Å². The lowest BCUT2D eigenvalue weighted by Gasteiger charge is -2.19. The van der Waals surface area contributed by atoms with Crippen molar-refractivity contribution in [1.29, 1.82) is 5.41 Å². The van der Waals surface area contributed by atoms with Crippen molar-refractivity contribution in [3.05, 3.63) is 53.3 Å². The first-order valence-corrected chi connectivity index (χ1v) is 8.51. The minimum atomic E-state index is -1.39. The summed E-state index contributed by atoms with van der Waals surface area (Å²) >= 11 is 0. The van der Waals surface area contributed by atoms with E-state index >= 15 is 0 Å². The molecule has 1 atom stereocenters. The number of nitrogens with two attached hydrogens (primary N) is 1. The standard InChI is InChI=1S/C19H22FN3O5.ClH/c1-2-27-15-9-13(14(20)10-16(15)28-8-7-24)17(19(25)26)23-12-5-3-11(4-6-12)18(21)22;/h3-6,9-10,17,23-24H,2,7-8H2,1H3,(H3,21,22)(H,25,26);1H. The normalized spacial score (nSPS) is 11.1. The van der Waals surface area contributed by atoms with Gasteiger partial charge in [0.2, 0.25) is 0 Å². The molecule has 158 valence electrons. The molecule has 0 aromatic heterocycles. The predicted molar refractivity (Wildman–Crippen MR) is 109 cm³/mol. The second-order valence-corrected chi connectivity index (χ2v) is 5.73. The molecule has 1 unspecified atom stereocenters. The third-order valence-corrected chi connectivity index (χ3v) is 3.78. The van der Waals surface area contributed by atoms with Crippen molar-refractivity contribution >= 4 is 29.9 Å². The number of aliphatic carboxylic acids is 1. The molecule has 8 nitrogen and oxygen atoms in total. The maximum Gasteiger partial charge on any atom is 0.330 e. The third-order valence-electron chi connectivity index (χ3n) is 3.78. The van der Waals surface area contributed by atoms with Crippen molar-refractivity contribution in [3.63, 3.8) is 0 Å². The Hall–Kier alpha value is -3.04. The number of carboxylic acids is 1. The molecule has 0 amide bonds. The summed E-state index contributed by atoms with van der Waals surface area (Å²) in [5.41, 5.74) is 6.15. The molecule has 29 heavy (non-hydrogen) atoms. The lowest BCUT2D eigenvalue weighted by atomic mass is 10.0. The minimum absolute atomic E-state index is 0. The fraction of sp³-hybridized carbons (Fsp3) is 0.263. The molecule has 0 saturated heterocycles. The van der Waals surface area contributed by atoms with Crippen LogP contribution in [0.3, 0.4) is 0 Å². The second kappa shape index (κ2) is 11.1. The average molecular weight is 428 g/mol. The molecule has 0 spiro atoms. The van der Waals surface area contributed by atoms with Gasteiger partial charge in [-0.05, 0) is 37.3 Å². The van der Waals surface area contributed by atoms with E-state index in [1.54, 1.807) is 31.2 Å². The smallest absolute Gasteiger partial charge is 0.330 e. The van der Waals surface area contributed by atoms with E-state index in [-0.39, 0.29) is 55.1 Å². The van der Waals surface area contributed by atoms with Gasteiger partial charge < -0.3 is 30.7 Å². The van der Waals surface area contributed by atoms with Crippen LogP contribution in [-0.4, -0.2) is 41.8 Å². The SMILES string of the molecule is CCOc1cc(C(Nc2ccc(C(=N)N)cc2)C(=O)O)c(F)cc1OCCO.Cl. The predicted octanol–water partition coefficient (Wildman–Crippen LogP) is 2.54. The van der Waals surface area contributed by atoms with Crippen molar-refractivity contribution in [1.82, 2.24) is 0 Å². The number of halogens is 2. The van der Waals surface area contributed by atoms with Crippen LogP contribution in [0.1, 0.15) is 24.1 Å². The van der Waals surface area contributed by atoms with Gasteiger partial charge in [0.1, 0.15) is 18.3 Å². The highest BCUT2D eigenvalue weighted by atomic mass is 35.5. The molecule has 0 aliphatic rings. The molecular formula is C19H23ClFN3O5. The molecule has 0 aliphatic carbocycles. The van der Waals surface area contributed by atoms with Crippen molar-refractivity contribution in [2.24, 2.45) is 5.73 Å². The molecule has 10 heteroatoms. The molecule has 0 heterocycles. The van der Waals surface area contributed by atoms with Crippen molar-refractivity contribution < 1.29 is 28.9 Å². The Bertz CT molecular complexity index is 848. The molecular weight excluding hydrogens is 405 g/mol. The molecule has 0 saturated carbocycles. The molecule has 2 aromatic carbocycles. The molecule has 6 N–H and O–H groups in total. The van der Waals surface area contributed by atoms with Gasteiger partial charge in [-0.25, -0.2) is 9.18 Å². The van der Waals surface area contributed by atoms with Crippen LogP contribution >= 0.6 is 12.4 Å². The maximum absolute atomic E-state index is 14.6. The summed E-state index contributed by atoms with van der Waals surface area (Å²) in [7, 11) is 0. The van der Waals surface area contributed by atoms with E-state index in [4.69, 9.17) is 25.7 Å². The number of nitrogen functional groups attached to an aromatic ring is 1. The Morgan fingerprint density at radius 2 is 1.86 bits per heavy atom. The van der Waals surface area contributed by atoms with Gasteiger partial charge in [-0.1, -0.05) is 0 Å². The van der Waals surface area contributed by atoms with E-state index in [1.165, 1.54) is 6.07 Å². The van der Waals surface area contributed by atoms with Gasteiger partial charge in [0.25, 0.3) is 0 Å². The second-order valence-electron chi connectivity index (χ2n) is 5.73. The van der Waals surface area contributed by atoms with Crippen LogP contribution in [0.25, 0.3) is 0 Å². The number of ether oxygens (including phenoxy) is 2. The summed E-state index contributed by atoms with van der Waals surface area (Å²) < 4.78 is 25.3. The number of hydrogen-bond donors (Lipinski definition) is 5. The number of benzene rings is 2. The fourth-order valence-electron chi connectivity index (χ4n) is 2.49. The van der Waals surface area contributed by atoms with E-state index in [0.29, 0.717) is 11.3 Å². The van der Waals surface area contributed by atoms with Crippen LogP contribution in [0.4, 0.5) is 10.1 Å². The first-order chi connectivity index (χ1) is 13.4. The summed E-state index contributed by atoms with van der Waals surface area (Å²) in [5.74, 6) is -1.95. The molecule has 2 aromatic rings. The number of rotatable bonds is 10. The van der Waals surface area contributed by atoms with E-state index in [9.17, 15) is 14.3 Å². The van der Waals surface area contributed by atoms with E-state index in [2.05, 4.69) is 5.32 Å². The van der Waals surface area contributed by atoms with Crippen LogP contribution < -0.4 is 20.5 Å². The number of amidine groups is 1. The Balaban J connectivity index is 0.00000420. The molecule has 0 bridgehead atoms.